The highest BCUT2D eigenvalue weighted by Gasteiger charge is 2.27. The molecule has 2 aromatic carbocycles. The number of para-hydroxylation sites is 1. The predicted octanol–water partition coefficient (Wildman–Crippen LogP) is 3.87. The van der Waals surface area contributed by atoms with Crippen molar-refractivity contribution >= 4 is 15.8 Å². The molecule has 0 unspecified atom stereocenters. The summed E-state index contributed by atoms with van der Waals surface area (Å²) < 4.78 is 47.6. The van der Waals surface area contributed by atoms with Crippen LogP contribution in [0.2, 0.25) is 0 Å². The summed E-state index contributed by atoms with van der Waals surface area (Å²) in [6.07, 6.45) is 2.74. The van der Waals surface area contributed by atoms with E-state index in [9.17, 15) is 12.8 Å². The highest BCUT2D eigenvalue weighted by Crippen LogP contribution is 2.32. The van der Waals surface area contributed by atoms with E-state index in [1.807, 2.05) is 30.0 Å². The molecule has 1 saturated heterocycles. The van der Waals surface area contributed by atoms with Crippen molar-refractivity contribution in [1.29, 1.82) is 0 Å². The average Bonchev–Trinajstić information content (AvgIpc) is 3.05. The van der Waals surface area contributed by atoms with Crippen LogP contribution in [0.4, 0.5) is 10.1 Å². The standard InChI is InChI=1S/C19H22FNO4S/c1-14-6-3-4-8-18(14)25-19-10-9-15(12-17(19)20)21-11-5-7-16(21)13-24-26(2,22)23/h3-4,6,8-10,12,16H,5,7,11,13H2,1-2H3/t16-/m0/s1. The Balaban J connectivity index is 1.75. The summed E-state index contributed by atoms with van der Waals surface area (Å²) in [4.78, 5) is 1.98. The van der Waals surface area contributed by atoms with Gasteiger partial charge in [0, 0.05) is 18.3 Å². The third-order valence-corrected chi connectivity index (χ3v) is 4.98. The number of hydrogen-bond donors (Lipinski definition) is 0. The van der Waals surface area contributed by atoms with Crippen LogP contribution in [0.15, 0.2) is 42.5 Å². The molecular formula is C19H22FNO4S. The van der Waals surface area contributed by atoms with Crippen LogP contribution in [0.3, 0.4) is 0 Å². The lowest BCUT2D eigenvalue weighted by molar-refractivity contribution is 0.294. The molecule has 0 amide bonds. The number of aryl methyl sites for hydroxylation is 1. The number of anilines is 1. The largest absolute Gasteiger partial charge is 0.454 e. The zero-order chi connectivity index (χ0) is 18.7. The maximum Gasteiger partial charge on any atom is 0.264 e. The van der Waals surface area contributed by atoms with Gasteiger partial charge in [-0.15, -0.1) is 0 Å². The molecule has 1 aliphatic heterocycles. The number of benzene rings is 2. The minimum atomic E-state index is -3.49. The Morgan fingerprint density at radius 1 is 1.19 bits per heavy atom. The molecule has 1 fully saturated rings. The van der Waals surface area contributed by atoms with Crippen molar-refractivity contribution in [2.75, 3.05) is 24.3 Å². The van der Waals surface area contributed by atoms with Crippen LogP contribution in [0.25, 0.3) is 0 Å². The van der Waals surface area contributed by atoms with Gasteiger partial charge in [0.05, 0.1) is 18.9 Å². The fourth-order valence-electron chi connectivity index (χ4n) is 3.09. The smallest absolute Gasteiger partial charge is 0.264 e. The first-order chi connectivity index (χ1) is 12.3. The van der Waals surface area contributed by atoms with E-state index in [2.05, 4.69) is 0 Å². The molecule has 0 bridgehead atoms. The van der Waals surface area contributed by atoms with Crippen LogP contribution in [-0.2, 0) is 14.3 Å². The molecule has 0 aromatic heterocycles. The molecule has 26 heavy (non-hydrogen) atoms. The molecule has 1 heterocycles. The van der Waals surface area contributed by atoms with Gasteiger partial charge in [0.1, 0.15) is 5.75 Å². The molecule has 1 atom stereocenters. The Hall–Kier alpha value is -2.12. The third kappa shape index (κ3) is 4.53. The van der Waals surface area contributed by atoms with Gasteiger partial charge in [-0.25, -0.2) is 4.39 Å². The number of ether oxygens (including phenoxy) is 1. The van der Waals surface area contributed by atoms with E-state index in [-0.39, 0.29) is 18.4 Å². The Kier molecular flexibility index (Phi) is 5.48. The first-order valence-corrected chi connectivity index (χ1v) is 10.3. The van der Waals surface area contributed by atoms with Gasteiger partial charge < -0.3 is 9.64 Å². The van der Waals surface area contributed by atoms with E-state index < -0.39 is 15.9 Å². The highest BCUT2D eigenvalue weighted by molar-refractivity contribution is 7.85. The molecule has 0 radical (unpaired) electrons. The van der Waals surface area contributed by atoms with Gasteiger partial charge in [-0.05, 0) is 43.5 Å². The lowest BCUT2D eigenvalue weighted by atomic mass is 10.2. The van der Waals surface area contributed by atoms with Gasteiger partial charge in [0.15, 0.2) is 11.6 Å². The topological polar surface area (TPSA) is 55.8 Å². The van der Waals surface area contributed by atoms with Crippen molar-refractivity contribution in [3.05, 3.63) is 53.8 Å². The summed E-state index contributed by atoms with van der Waals surface area (Å²) in [5.41, 5.74) is 1.62. The molecule has 2 aromatic rings. The molecule has 7 heteroatoms. The molecular weight excluding hydrogens is 357 g/mol. The normalized spacial score (nSPS) is 17.5. The van der Waals surface area contributed by atoms with Crippen LogP contribution >= 0.6 is 0 Å². The molecule has 0 N–H and O–H groups in total. The number of rotatable bonds is 6. The second-order valence-corrected chi connectivity index (χ2v) is 8.10. The maximum absolute atomic E-state index is 14.5. The van der Waals surface area contributed by atoms with Crippen LogP contribution < -0.4 is 9.64 Å². The minimum Gasteiger partial charge on any atom is -0.454 e. The average molecular weight is 379 g/mol. The van der Waals surface area contributed by atoms with Crippen LogP contribution in [0.5, 0.6) is 11.5 Å². The predicted molar refractivity (Wildman–Crippen MR) is 98.8 cm³/mol. The van der Waals surface area contributed by atoms with Crippen molar-refractivity contribution in [2.45, 2.75) is 25.8 Å². The van der Waals surface area contributed by atoms with E-state index in [0.29, 0.717) is 11.4 Å². The van der Waals surface area contributed by atoms with Crippen molar-refractivity contribution in [3.63, 3.8) is 0 Å². The fraction of sp³-hybridized carbons (Fsp3) is 0.368. The summed E-state index contributed by atoms with van der Waals surface area (Å²) >= 11 is 0. The number of nitrogens with zero attached hydrogens (tertiary/aromatic N) is 1. The first-order valence-electron chi connectivity index (χ1n) is 8.47. The summed E-state index contributed by atoms with van der Waals surface area (Å²) in [7, 11) is -3.49. The zero-order valence-corrected chi connectivity index (χ0v) is 15.6. The lowest BCUT2D eigenvalue weighted by Crippen LogP contribution is -2.33. The van der Waals surface area contributed by atoms with E-state index in [0.717, 1.165) is 31.2 Å². The van der Waals surface area contributed by atoms with E-state index in [4.69, 9.17) is 8.92 Å². The summed E-state index contributed by atoms with van der Waals surface area (Å²) in [6, 6.07) is 12.2. The Morgan fingerprint density at radius 3 is 2.65 bits per heavy atom. The quantitative estimate of drug-likeness (QED) is 0.713. The minimum absolute atomic E-state index is 0.0713. The van der Waals surface area contributed by atoms with Gasteiger partial charge >= 0.3 is 0 Å². The monoisotopic (exact) mass is 379 g/mol. The molecule has 140 valence electrons. The third-order valence-electron chi connectivity index (χ3n) is 4.41. The van der Waals surface area contributed by atoms with Crippen molar-refractivity contribution < 1.29 is 21.7 Å². The fourth-order valence-corrected chi connectivity index (χ4v) is 3.50. The van der Waals surface area contributed by atoms with Crippen LogP contribution in [-0.4, -0.2) is 33.9 Å². The van der Waals surface area contributed by atoms with E-state index in [1.54, 1.807) is 18.2 Å². The highest BCUT2D eigenvalue weighted by atomic mass is 32.2. The first kappa shape index (κ1) is 18.7. The van der Waals surface area contributed by atoms with E-state index in [1.165, 1.54) is 6.07 Å². The van der Waals surface area contributed by atoms with Gasteiger partial charge in [-0.2, -0.15) is 8.42 Å². The Labute approximate surface area is 153 Å². The van der Waals surface area contributed by atoms with Gasteiger partial charge in [-0.3, -0.25) is 4.18 Å². The second-order valence-electron chi connectivity index (χ2n) is 6.46. The van der Waals surface area contributed by atoms with Crippen molar-refractivity contribution in [2.24, 2.45) is 0 Å². The van der Waals surface area contributed by atoms with Crippen LogP contribution in [0, 0.1) is 12.7 Å². The SMILES string of the molecule is Cc1ccccc1Oc1ccc(N2CCC[C@H]2COS(C)(=O)=O)cc1F. The zero-order valence-electron chi connectivity index (χ0n) is 14.8. The van der Waals surface area contributed by atoms with Crippen LogP contribution in [0.1, 0.15) is 18.4 Å². The summed E-state index contributed by atoms with van der Waals surface area (Å²) in [5.74, 6) is 0.311. The summed E-state index contributed by atoms with van der Waals surface area (Å²) in [6.45, 7) is 2.70. The Morgan fingerprint density at radius 2 is 1.96 bits per heavy atom. The Bertz CT molecular complexity index is 885. The maximum atomic E-state index is 14.5. The lowest BCUT2D eigenvalue weighted by Gasteiger charge is -2.26. The molecule has 0 saturated carbocycles. The van der Waals surface area contributed by atoms with Gasteiger partial charge in [0.2, 0.25) is 0 Å². The van der Waals surface area contributed by atoms with Crippen molar-refractivity contribution in [3.8, 4) is 11.5 Å². The molecule has 1 aliphatic rings. The number of halogens is 1. The van der Waals surface area contributed by atoms with Gasteiger partial charge in [-0.1, -0.05) is 18.2 Å². The molecule has 3 rings (SSSR count). The molecule has 0 spiro atoms. The van der Waals surface area contributed by atoms with Gasteiger partial charge in [0.25, 0.3) is 10.1 Å². The van der Waals surface area contributed by atoms with E-state index >= 15 is 0 Å². The second kappa shape index (κ2) is 7.63. The number of hydrogen-bond acceptors (Lipinski definition) is 5. The molecule has 0 aliphatic carbocycles. The summed E-state index contributed by atoms with van der Waals surface area (Å²) in [5, 5.41) is 0. The molecule has 5 nitrogen and oxygen atoms in total. The van der Waals surface area contributed by atoms with Crippen molar-refractivity contribution in [1.82, 2.24) is 0 Å².